The zero-order chi connectivity index (χ0) is 18.4. The minimum atomic E-state index is 0.259. The van der Waals surface area contributed by atoms with Crippen molar-refractivity contribution < 1.29 is 9.47 Å². The van der Waals surface area contributed by atoms with Crippen LogP contribution in [0.25, 0.3) is 0 Å². The molecule has 0 unspecified atom stereocenters. The summed E-state index contributed by atoms with van der Waals surface area (Å²) in [4.78, 5) is 2.64. The van der Waals surface area contributed by atoms with Crippen molar-refractivity contribution in [3.63, 3.8) is 0 Å². The van der Waals surface area contributed by atoms with E-state index in [1.54, 1.807) is 7.11 Å². The Labute approximate surface area is 157 Å². The SMILES string of the molecule is COCOCC[C@@]1(C)CN(C(c2ccccc2)c2ccccc2)C[C@@H]1C. The lowest BCUT2D eigenvalue weighted by atomic mass is 9.78. The Morgan fingerprint density at radius 2 is 1.62 bits per heavy atom. The lowest BCUT2D eigenvalue weighted by molar-refractivity contribution is -0.0409. The van der Waals surface area contributed by atoms with Crippen molar-refractivity contribution in [1.29, 1.82) is 0 Å². The maximum atomic E-state index is 5.58. The summed E-state index contributed by atoms with van der Waals surface area (Å²) in [6.07, 6.45) is 1.06. The molecule has 0 aromatic heterocycles. The molecule has 2 aromatic carbocycles. The van der Waals surface area contributed by atoms with Crippen LogP contribution < -0.4 is 0 Å². The molecule has 0 radical (unpaired) electrons. The molecule has 140 valence electrons. The largest absolute Gasteiger partial charge is 0.359 e. The number of hydrogen-bond donors (Lipinski definition) is 0. The van der Waals surface area contributed by atoms with Gasteiger partial charge in [0.2, 0.25) is 0 Å². The summed E-state index contributed by atoms with van der Waals surface area (Å²) in [6, 6.07) is 22.1. The molecule has 26 heavy (non-hydrogen) atoms. The van der Waals surface area contributed by atoms with E-state index in [4.69, 9.17) is 9.47 Å². The monoisotopic (exact) mass is 353 g/mol. The van der Waals surface area contributed by atoms with Crippen LogP contribution in [0.5, 0.6) is 0 Å². The van der Waals surface area contributed by atoms with Gasteiger partial charge in [0.05, 0.1) is 12.6 Å². The van der Waals surface area contributed by atoms with Gasteiger partial charge in [-0.1, -0.05) is 74.5 Å². The molecule has 3 rings (SSSR count). The molecular formula is C23H31NO2. The van der Waals surface area contributed by atoms with E-state index in [2.05, 4.69) is 79.4 Å². The van der Waals surface area contributed by atoms with Crippen molar-refractivity contribution in [2.75, 3.05) is 33.6 Å². The Morgan fingerprint density at radius 1 is 1.04 bits per heavy atom. The Morgan fingerprint density at radius 3 is 2.15 bits per heavy atom. The summed E-state index contributed by atoms with van der Waals surface area (Å²) in [5.74, 6) is 0.628. The number of nitrogens with zero attached hydrogens (tertiary/aromatic N) is 1. The molecule has 1 aliphatic rings. The highest BCUT2D eigenvalue weighted by Gasteiger charge is 2.42. The first-order valence-electron chi connectivity index (χ1n) is 9.55. The van der Waals surface area contributed by atoms with Gasteiger partial charge in [0.1, 0.15) is 6.79 Å². The van der Waals surface area contributed by atoms with E-state index in [9.17, 15) is 0 Å². The van der Waals surface area contributed by atoms with Crippen molar-refractivity contribution in [2.45, 2.75) is 26.3 Å². The minimum absolute atomic E-state index is 0.259. The summed E-state index contributed by atoms with van der Waals surface area (Å²) in [5.41, 5.74) is 2.99. The van der Waals surface area contributed by atoms with Crippen LogP contribution in [0.4, 0.5) is 0 Å². The molecule has 0 bridgehead atoms. The van der Waals surface area contributed by atoms with Crippen molar-refractivity contribution in [1.82, 2.24) is 4.90 Å². The zero-order valence-electron chi connectivity index (χ0n) is 16.2. The summed E-state index contributed by atoms with van der Waals surface area (Å²) in [5, 5.41) is 0. The molecule has 1 saturated heterocycles. The van der Waals surface area contributed by atoms with Gasteiger partial charge in [-0.15, -0.1) is 0 Å². The third-order valence-corrected chi connectivity index (χ3v) is 5.88. The van der Waals surface area contributed by atoms with Crippen LogP contribution in [-0.4, -0.2) is 38.5 Å². The number of rotatable bonds is 8. The molecule has 1 heterocycles. The second kappa shape index (κ2) is 8.81. The summed E-state index contributed by atoms with van der Waals surface area (Å²) in [7, 11) is 1.67. The molecule has 0 amide bonds. The fraction of sp³-hybridized carbons (Fsp3) is 0.478. The third-order valence-electron chi connectivity index (χ3n) is 5.88. The molecule has 0 saturated carbocycles. The molecule has 0 spiro atoms. The second-order valence-corrected chi connectivity index (χ2v) is 7.77. The quantitative estimate of drug-likeness (QED) is 0.505. The maximum Gasteiger partial charge on any atom is 0.146 e. The average molecular weight is 354 g/mol. The van der Waals surface area contributed by atoms with Crippen molar-refractivity contribution in [3.05, 3.63) is 71.8 Å². The number of ether oxygens (including phenoxy) is 2. The topological polar surface area (TPSA) is 21.7 Å². The molecule has 3 heteroatoms. The first kappa shape index (κ1) is 19.1. The normalized spacial score (nSPS) is 23.6. The fourth-order valence-electron chi connectivity index (χ4n) is 4.11. The summed E-state index contributed by atoms with van der Waals surface area (Å²) < 4.78 is 10.6. The van der Waals surface area contributed by atoms with E-state index >= 15 is 0 Å². The van der Waals surface area contributed by atoms with Crippen LogP contribution in [0.2, 0.25) is 0 Å². The molecule has 3 nitrogen and oxygen atoms in total. The van der Waals surface area contributed by atoms with E-state index in [1.165, 1.54) is 11.1 Å². The number of benzene rings is 2. The minimum Gasteiger partial charge on any atom is -0.359 e. The molecule has 1 aliphatic heterocycles. The average Bonchev–Trinajstić information content (AvgIpc) is 2.95. The number of likely N-dealkylation sites (tertiary alicyclic amines) is 1. The molecule has 2 aromatic rings. The van der Waals surface area contributed by atoms with Gasteiger partial charge in [-0.3, -0.25) is 4.90 Å². The highest BCUT2D eigenvalue weighted by molar-refractivity contribution is 5.32. The predicted octanol–water partition coefficient (Wildman–Crippen LogP) is 4.74. The predicted molar refractivity (Wildman–Crippen MR) is 106 cm³/mol. The van der Waals surface area contributed by atoms with E-state index in [0.717, 1.165) is 26.1 Å². The molecule has 1 fully saturated rings. The third kappa shape index (κ3) is 4.35. The van der Waals surface area contributed by atoms with Crippen LogP contribution in [0.1, 0.15) is 37.4 Å². The van der Waals surface area contributed by atoms with Gasteiger partial charge < -0.3 is 9.47 Å². The van der Waals surface area contributed by atoms with Gasteiger partial charge in [-0.25, -0.2) is 0 Å². The van der Waals surface area contributed by atoms with Gasteiger partial charge in [0, 0.05) is 20.2 Å². The Kier molecular flexibility index (Phi) is 6.47. The van der Waals surface area contributed by atoms with Crippen molar-refractivity contribution in [3.8, 4) is 0 Å². The Hall–Kier alpha value is -1.68. The van der Waals surface area contributed by atoms with Gasteiger partial charge >= 0.3 is 0 Å². The fourth-order valence-corrected chi connectivity index (χ4v) is 4.11. The maximum absolute atomic E-state index is 5.58. The van der Waals surface area contributed by atoms with Gasteiger partial charge in [-0.2, -0.15) is 0 Å². The molecule has 0 aliphatic carbocycles. The lowest BCUT2D eigenvalue weighted by Gasteiger charge is -2.31. The summed E-state index contributed by atoms with van der Waals surface area (Å²) in [6.45, 7) is 8.10. The second-order valence-electron chi connectivity index (χ2n) is 7.77. The molecular weight excluding hydrogens is 322 g/mol. The summed E-state index contributed by atoms with van der Waals surface area (Å²) >= 11 is 0. The van der Waals surface area contributed by atoms with Gasteiger partial charge in [-0.05, 0) is 28.9 Å². The van der Waals surface area contributed by atoms with E-state index in [0.29, 0.717) is 18.8 Å². The highest BCUT2D eigenvalue weighted by atomic mass is 16.7. The van der Waals surface area contributed by atoms with E-state index in [-0.39, 0.29) is 5.41 Å². The van der Waals surface area contributed by atoms with Crippen LogP contribution in [0.15, 0.2) is 60.7 Å². The first-order chi connectivity index (χ1) is 12.6. The van der Waals surface area contributed by atoms with Crippen molar-refractivity contribution in [2.24, 2.45) is 11.3 Å². The first-order valence-corrected chi connectivity index (χ1v) is 9.55. The zero-order valence-corrected chi connectivity index (χ0v) is 16.2. The van der Waals surface area contributed by atoms with E-state index in [1.807, 2.05) is 0 Å². The van der Waals surface area contributed by atoms with Crippen LogP contribution in [0.3, 0.4) is 0 Å². The Balaban J connectivity index is 1.80. The smallest absolute Gasteiger partial charge is 0.146 e. The number of methoxy groups -OCH3 is 1. The van der Waals surface area contributed by atoms with Gasteiger partial charge in [0.25, 0.3) is 0 Å². The Bertz CT molecular complexity index is 621. The molecule has 0 N–H and O–H groups in total. The van der Waals surface area contributed by atoms with Crippen LogP contribution in [-0.2, 0) is 9.47 Å². The highest BCUT2D eigenvalue weighted by Crippen LogP contribution is 2.43. The van der Waals surface area contributed by atoms with Crippen LogP contribution >= 0.6 is 0 Å². The lowest BCUT2D eigenvalue weighted by Crippen LogP contribution is -2.31. The standard InChI is InChI=1S/C23H31NO2/c1-19-16-24(17-23(19,2)14-15-26-18-25-3)22(20-10-6-4-7-11-20)21-12-8-5-9-13-21/h4-13,19,22H,14-18H2,1-3H3/t19-,23-/m0/s1. The van der Waals surface area contributed by atoms with Crippen LogP contribution in [0, 0.1) is 11.3 Å². The van der Waals surface area contributed by atoms with E-state index < -0.39 is 0 Å². The van der Waals surface area contributed by atoms with Gasteiger partial charge in [0.15, 0.2) is 0 Å². The van der Waals surface area contributed by atoms with Crippen molar-refractivity contribution >= 4 is 0 Å². The molecule has 2 atom stereocenters. The number of hydrogen-bond acceptors (Lipinski definition) is 3.